The molecule has 2 aliphatic rings. The number of halogens is 1. The molecule has 14 nitrogen and oxygen atoms in total. The number of hydrogen-bond donors (Lipinski definition) is 1. The Balaban J connectivity index is 1.40. The van der Waals surface area contributed by atoms with E-state index < -0.39 is 46.0 Å². The fourth-order valence-corrected chi connectivity index (χ4v) is 6.68. The average molecular weight is 770 g/mol. The first-order valence-corrected chi connectivity index (χ1v) is 17.4. The fraction of sp³-hybridized carbons (Fsp3) is 0.294. The van der Waals surface area contributed by atoms with Crippen LogP contribution >= 0.6 is 27.7 Å². The normalized spacial score (nSPS) is 17.6. The maximum Gasteiger partial charge on any atom is 0.369 e. The van der Waals surface area contributed by atoms with Crippen molar-refractivity contribution in [3.63, 3.8) is 0 Å². The van der Waals surface area contributed by atoms with E-state index in [1.165, 1.54) is 24.3 Å². The number of ether oxygens (including phenoxy) is 4. The number of nitro benzene ring substituents is 1. The van der Waals surface area contributed by atoms with Crippen LogP contribution < -0.4 is 10.1 Å². The van der Waals surface area contributed by atoms with Crippen LogP contribution in [0.5, 0.6) is 5.75 Å². The van der Waals surface area contributed by atoms with Crippen LogP contribution in [-0.2, 0) is 41.8 Å². The van der Waals surface area contributed by atoms with E-state index in [1.807, 2.05) is 11.0 Å². The van der Waals surface area contributed by atoms with Gasteiger partial charge in [0.25, 0.3) is 17.5 Å². The van der Waals surface area contributed by atoms with Gasteiger partial charge in [-0.05, 0) is 47.2 Å². The first-order chi connectivity index (χ1) is 24.2. The van der Waals surface area contributed by atoms with E-state index in [0.29, 0.717) is 55.1 Å². The fourth-order valence-electron chi connectivity index (χ4n) is 5.10. The van der Waals surface area contributed by atoms with Gasteiger partial charge in [0.05, 0.1) is 23.8 Å². The number of benzene rings is 3. The van der Waals surface area contributed by atoms with Crippen LogP contribution in [-0.4, -0.2) is 87.5 Å². The predicted octanol–water partition coefficient (Wildman–Crippen LogP) is 4.38. The summed E-state index contributed by atoms with van der Waals surface area (Å²) in [7, 11) is 0. The second kappa shape index (κ2) is 17.6. The van der Waals surface area contributed by atoms with Crippen LogP contribution in [0.1, 0.15) is 11.1 Å². The van der Waals surface area contributed by atoms with Gasteiger partial charge in [-0.15, -0.1) is 0 Å². The van der Waals surface area contributed by atoms with Gasteiger partial charge in [0.2, 0.25) is 0 Å². The van der Waals surface area contributed by atoms with Gasteiger partial charge in [0, 0.05) is 30.6 Å². The summed E-state index contributed by atoms with van der Waals surface area (Å²) in [5.41, 5.74) is 1.38. The number of carbonyl (C=O) groups excluding carboxylic acids is 4. The monoisotopic (exact) mass is 768 g/mol. The van der Waals surface area contributed by atoms with E-state index in [1.54, 1.807) is 54.6 Å². The van der Waals surface area contributed by atoms with Crippen molar-refractivity contribution in [1.82, 2.24) is 15.1 Å². The van der Waals surface area contributed by atoms with Crippen molar-refractivity contribution >= 4 is 56.5 Å². The summed E-state index contributed by atoms with van der Waals surface area (Å²) in [6.07, 6.45) is 0. The zero-order valence-corrected chi connectivity index (χ0v) is 29.0. The van der Waals surface area contributed by atoms with Crippen LogP contribution in [0.3, 0.4) is 0 Å². The van der Waals surface area contributed by atoms with Crippen molar-refractivity contribution in [3.8, 4) is 5.75 Å². The summed E-state index contributed by atoms with van der Waals surface area (Å²) >= 11 is 4.11. The number of thioether (sulfide) groups is 1. The third-order valence-corrected chi connectivity index (χ3v) is 9.20. The first kappa shape index (κ1) is 36.4. The number of amides is 2. The molecule has 0 spiro atoms. The first-order valence-electron chi connectivity index (χ1n) is 15.4. The number of nitrogens with one attached hydrogen (secondary N) is 1. The molecule has 262 valence electrons. The summed E-state index contributed by atoms with van der Waals surface area (Å²) in [5.74, 6) is -1.69. The van der Waals surface area contributed by atoms with Gasteiger partial charge in [-0.2, -0.15) is 0 Å². The second-order valence-electron chi connectivity index (χ2n) is 10.9. The van der Waals surface area contributed by atoms with E-state index in [0.717, 1.165) is 10.5 Å². The highest BCUT2D eigenvalue weighted by Crippen LogP contribution is 2.37. The number of hydrogen-bond acceptors (Lipinski definition) is 12. The van der Waals surface area contributed by atoms with Crippen molar-refractivity contribution in [2.24, 2.45) is 0 Å². The van der Waals surface area contributed by atoms with E-state index >= 15 is 0 Å². The molecule has 0 aromatic heterocycles. The molecule has 2 unspecified atom stereocenters. The van der Waals surface area contributed by atoms with Gasteiger partial charge in [-0.1, -0.05) is 64.5 Å². The number of nitro groups is 1. The number of morpholine rings is 1. The molecular formula is C34H33BrN4O10S. The molecule has 0 bridgehead atoms. The number of likely N-dealkylation sites (tertiary alicyclic amines) is 1. The van der Waals surface area contributed by atoms with Gasteiger partial charge < -0.3 is 29.2 Å². The highest BCUT2D eigenvalue weighted by molar-refractivity contribution is 9.09. The Morgan fingerprint density at radius 2 is 1.54 bits per heavy atom. The zero-order chi connectivity index (χ0) is 35.5. The Bertz CT molecular complexity index is 1710. The molecule has 5 rings (SSSR count). The Kier molecular flexibility index (Phi) is 12.8. The summed E-state index contributed by atoms with van der Waals surface area (Å²) in [4.78, 5) is 67.6. The molecule has 2 saturated heterocycles. The lowest BCUT2D eigenvalue weighted by Gasteiger charge is -2.47. The number of non-ortho nitro benzene ring substituents is 1. The van der Waals surface area contributed by atoms with Gasteiger partial charge in [-0.3, -0.25) is 24.6 Å². The quantitative estimate of drug-likeness (QED) is 0.0615. The van der Waals surface area contributed by atoms with Crippen LogP contribution in [0.25, 0.3) is 0 Å². The van der Waals surface area contributed by atoms with Crippen molar-refractivity contribution in [1.29, 1.82) is 0 Å². The highest BCUT2D eigenvalue weighted by atomic mass is 79.9. The molecule has 0 radical (unpaired) electrons. The van der Waals surface area contributed by atoms with Crippen LogP contribution in [0.15, 0.2) is 96.3 Å². The summed E-state index contributed by atoms with van der Waals surface area (Å²) in [5, 5.41) is 12.0. The third-order valence-electron chi connectivity index (χ3n) is 7.63. The largest absolute Gasteiger partial charge is 0.484 e. The van der Waals surface area contributed by atoms with Gasteiger partial charge in [-0.25, -0.2) is 9.59 Å². The highest BCUT2D eigenvalue weighted by Gasteiger charge is 2.54. The van der Waals surface area contributed by atoms with Crippen LogP contribution in [0.2, 0.25) is 0 Å². The second-order valence-corrected chi connectivity index (χ2v) is 12.5. The zero-order valence-electron chi connectivity index (χ0n) is 26.6. The summed E-state index contributed by atoms with van der Waals surface area (Å²) in [6.45, 7) is 0.889. The van der Waals surface area contributed by atoms with E-state index in [9.17, 15) is 29.3 Å². The predicted molar refractivity (Wildman–Crippen MR) is 185 cm³/mol. The van der Waals surface area contributed by atoms with Crippen LogP contribution in [0, 0.1) is 10.1 Å². The maximum atomic E-state index is 14.0. The van der Waals surface area contributed by atoms with Crippen LogP contribution in [0.4, 0.5) is 10.5 Å². The Morgan fingerprint density at radius 1 is 0.920 bits per heavy atom. The SMILES string of the molecule is O=C(COc1ccccc1)NC1C(=O)N(C(C(=O)OCc2ccc([N+](=O)[O-])cc2)=C(CBr)N2CCOCC2)C1SC(=O)OCc1ccccc1. The lowest BCUT2D eigenvalue weighted by Crippen LogP contribution is -2.70. The third kappa shape index (κ3) is 9.40. The Labute approximate surface area is 299 Å². The Hall–Kier alpha value is -4.93. The smallest absolute Gasteiger partial charge is 0.369 e. The molecule has 16 heteroatoms. The minimum absolute atomic E-state index is 0.0321. The number of carbonyl (C=O) groups is 4. The number of nitrogens with zero attached hydrogens (tertiary/aromatic N) is 3. The molecule has 2 amide bonds. The van der Waals surface area contributed by atoms with Crippen molar-refractivity contribution in [2.75, 3.05) is 38.2 Å². The topological polar surface area (TPSA) is 167 Å². The molecular weight excluding hydrogens is 736 g/mol. The van der Waals surface area contributed by atoms with E-state index in [-0.39, 0.29) is 29.9 Å². The molecule has 2 heterocycles. The standard InChI is InChI=1S/C34H33BrN4O10S/c35-19-27(37-15-17-46-18-16-37)30(33(42)48-20-24-11-13-25(14-12-24)39(44)45)38-31(41)29(36-28(40)22-47-26-9-5-2-6-10-26)32(38)50-34(43)49-21-23-7-3-1-4-8-23/h1-14,29,32H,15-22H2,(H,36,40). The lowest BCUT2D eigenvalue weighted by molar-refractivity contribution is -0.384. The molecule has 50 heavy (non-hydrogen) atoms. The van der Waals surface area contributed by atoms with E-state index in [4.69, 9.17) is 18.9 Å². The summed E-state index contributed by atoms with van der Waals surface area (Å²) in [6, 6.07) is 22.0. The molecule has 0 saturated carbocycles. The van der Waals surface area contributed by atoms with Gasteiger partial charge >= 0.3 is 11.3 Å². The Morgan fingerprint density at radius 3 is 2.18 bits per heavy atom. The average Bonchev–Trinajstić information content (AvgIpc) is 3.15. The number of para-hydroxylation sites is 1. The molecule has 3 aromatic rings. The number of rotatable bonds is 14. The van der Waals surface area contributed by atoms with Gasteiger partial charge in [0.1, 0.15) is 30.4 Å². The minimum Gasteiger partial charge on any atom is -0.484 e. The van der Waals surface area contributed by atoms with Crippen molar-refractivity contribution in [3.05, 3.63) is 118 Å². The van der Waals surface area contributed by atoms with Gasteiger partial charge in [0.15, 0.2) is 12.3 Å². The lowest BCUT2D eigenvalue weighted by atomic mass is 10.0. The molecule has 2 atom stereocenters. The van der Waals surface area contributed by atoms with E-state index in [2.05, 4.69) is 21.2 Å². The number of alkyl halides is 1. The number of β-lactam (4-membered cyclic amide) rings is 1. The molecule has 2 fully saturated rings. The number of esters is 1. The molecule has 0 aliphatic carbocycles. The maximum absolute atomic E-state index is 14.0. The minimum atomic E-state index is -1.21. The number of allylic oxidation sites excluding steroid dienone is 1. The van der Waals surface area contributed by atoms with Crippen molar-refractivity contribution < 1.29 is 43.0 Å². The molecule has 3 aromatic carbocycles. The molecule has 1 N–H and O–H groups in total. The molecule has 2 aliphatic heterocycles. The van der Waals surface area contributed by atoms with Crippen molar-refractivity contribution in [2.45, 2.75) is 24.6 Å². The summed E-state index contributed by atoms with van der Waals surface area (Å²) < 4.78 is 22.2.